The Morgan fingerprint density at radius 2 is 1.77 bits per heavy atom. The zero-order valence-corrected chi connectivity index (χ0v) is 18.9. The summed E-state index contributed by atoms with van der Waals surface area (Å²) in [6.07, 6.45) is 4.91. The summed E-state index contributed by atoms with van der Waals surface area (Å²) in [5, 5.41) is 0. The number of nitrogens with zero attached hydrogens (tertiary/aromatic N) is 1. The molecule has 3 nitrogen and oxygen atoms in total. The van der Waals surface area contributed by atoms with Gasteiger partial charge in [0.15, 0.2) is 0 Å². The van der Waals surface area contributed by atoms with Crippen LogP contribution in [0.3, 0.4) is 0 Å². The van der Waals surface area contributed by atoms with Gasteiger partial charge in [0.2, 0.25) is 0 Å². The predicted molar refractivity (Wildman–Crippen MR) is 126 cm³/mol. The van der Waals surface area contributed by atoms with E-state index in [1.165, 1.54) is 22.3 Å². The zero-order valence-electron chi connectivity index (χ0n) is 18.9. The molecule has 0 saturated carbocycles. The monoisotopic (exact) mass is 413 g/mol. The van der Waals surface area contributed by atoms with Gasteiger partial charge < -0.3 is 9.53 Å². The van der Waals surface area contributed by atoms with Crippen molar-refractivity contribution in [3.8, 4) is 17.0 Å². The molecule has 2 aromatic carbocycles. The number of pyridine rings is 1. The largest absolute Gasteiger partial charge is 0.496 e. The van der Waals surface area contributed by atoms with Crippen molar-refractivity contribution in [2.75, 3.05) is 7.11 Å². The number of fused-ring (bicyclic) bond motifs is 1. The van der Waals surface area contributed by atoms with Gasteiger partial charge in [0.05, 0.1) is 12.8 Å². The first kappa shape index (κ1) is 21.3. The average Bonchev–Trinajstić information content (AvgIpc) is 2.82. The molecular weight excluding hydrogens is 382 g/mol. The number of rotatable bonds is 6. The van der Waals surface area contributed by atoms with Crippen LogP contribution in [0.4, 0.5) is 0 Å². The molecule has 160 valence electrons. The van der Waals surface area contributed by atoms with E-state index in [0.717, 1.165) is 60.2 Å². The van der Waals surface area contributed by atoms with E-state index in [1.54, 1.807) is 7.11 Å². The Hall–Kier alpha value is -2.94. The number of hydrogen-bond donors (Lipinski definition) is 0. The lowest BCUT2D eigenvalue weighted by Gasteiger charge is -2.32. The summed E-state index contributed by atoms with van der Waals surface area (Å²) in [4.78, 5) is 17.3. The zero-order chi connectivity index (χ0) is 22.0. The molecule has 0 radical (unpaired) electrons. The molecule has 2 unspecified atom stereocenters. The van der Waals surface area contributed by atoms with Crippen molar-refractivity contribution >= 4 is 6.29 Å². The third-order valence-corrected chi connectivity index (χ3v) is 6.78. The van der Waals surface area contributed by atoms with Crippen LogP contribution in [0.25, 0.3) is 11.3 Å². The first-order chi connectivity index (χ1) is 15.1. The van der Waals surface area contributed by atoms with Gasteiger partial charge in [0.25, 0.3) is 0 Å². The van der Waals surface area contributed by atoms with Crippen LogP contribution >= 0.6 is 0 Å². The molecule has 1 heterocycles. The minimum Gasteiger partial charge on any atom is -0.496 e. The van der Waals surface area contributed by atoms with Crippen LogP contribution in [-0.4, -0.2) is 18.4 Å². The topological polar surface area (TPSA) is 39.2 Å². The molecule has 3 aromatic rings. The third-order valence-electron chi connectivity index (χ3n) is 6.78. The minimum atomic E-state index is -0.167. The molecule has 0 aliphatic heterocycles. The van der Waals surface area contributed by atoms with E-state index in [2.05, 4.69) is 63.2 Å². The Morgan fingerprint density at radius 1 is 1.06 bits per heavy atom. The number of benzene rings is 2. The van der Waals surface area contributed by atoms with Gasteiger partial charge in [-0.05, 0) is 54.9 Å². The van der Waals surface area contributed by atoms with Gasteiger partial charge in [-0.2, -0.15) is 0 Å². The molecule has 1 aliphatic carbocycles. The summed E-state index contributed by atoms with van der Waals surface area (Å²) >= 11 is 0. The van der Waals surface area contributed by atoms with E-state index < -0.39 is 0 Å². The molecule has 3 heteroatoms. The second-order valence-corrected chi connectivity index (χ2v) is 8.37. The Kier molecular flexibility index (Phi) is 6.22. The molecule has 0 saturated heterocycles. The van der Waals surface area contributed by atoms with Crippen molar-refractivity contribution in [2.45, 2.75) is 58.3 Å². The van der Waals surface area contributed by atoms with Gasteiger partial charge in [-0.3, -0.25) is 4.98 Å². The van der Waals surface area contributed by atoms with Gasteiger partial charge in [-0.25, -0.2) is 0 Å². The summed E-state index contributed by atoms with van der Waals surface area (Å²) < 4.78 is 5.91. The van der Waals surface area contributed by atoms with Gasteiger partial charge in [0, 0.05) is 34.7 Å². The smallest absolute Gasteiger partial charge is 0.128 e. The maximum Gasteiger partial charge on any atom is 0.128 e. The van der Waals surface area contributed by atoms with E-state index in [0.29, 0.717) is 0 Å². The van der Waals surface area contributed by atoms with Gasteiger partial charge >= 0.3 is 0 Å². The molecule has 0 amide bonds. The molecule has 31 heavy (non-hydrogen) atoms. The summed E-state index contributed by atoms with van der Waals surface area (Å²) in [7, 11) is 1.72. The molecule has 4 rings (SSSR count). The first-order valence-electron chi connectivity index (χ1n) is 11.3. The highest BCUT2D eigenvalue weighted by Crippen LogP contribution is 2.46. The number of hydrogen-bond acceptors (Lipinski definition) is 3. The standard InChI is InChI=1S/C28H31NO2/c1-5-19-11-9-12-20(6-2)28(19)25-16-26(31-4)27(18(3)29-25)23-15-14-21-10-7-8-13-22(21)24(23)17-30/h7-13,16-17,23-24H,5-6,14-15H2,1-4H3. The van der Waals surface area contributed by atoms with Crippen LogP contribution in [0.5, 0.6) is 5.75 Å². The maximum absolute atomic E-state index is 12.2. The fourth-order valence-electron chi connectivity index (χ4n) is 5.26. The molecule has 2 atom stereocenters. The highest BCUT2D eigenvalue weighted by atomic mass is 16.5. The summed E-state index contributed by atoms with van der Waals surface area (Å²) in [5.74, 6) is 0.752. The lowest BCUT2D eigenvalue weighted by atomic mass is 9.72. The first-order valence-corrected chi connectivity index (χ1v) is 11.3. The van der Waals surface area contributed by atoms with E-state index in [4.69, 9.17) is 9.72 Å². The molecule has 1 aliphatic rings. The minimum absolute atomic E-state index is 0.0796. The van der Waals surface area contributed by atoms with Crippen LogP contribution in [0, 0.1) is 6.92 Å². The number of carbonyl (C=O) groups excluding carboxylic acids is 1. The highest BCUT2D eigenvalue weighted by molar-refractivity contribution is 5.72. The summed E-state index contributed by atoms with van der Waals surface area (Å²) in [6, 6.07) is 16.9. The second kappa shape index (κ2) is 9.05. The van der Waals surface area contributed by atoms with E-state index in [-0.39, 0.29) is 11.8 Å². The molecule has 0 N–H and O–H groups in total. The summed E-state index contributed by atoms with van der Waals surface area (Å²) in [5.41, 5.74) is 9.25. The van der Waals surface area contributed by atoms with Crippen molar-refractivity contribution in [3.63, 3.8) is 0 Å². The number of aryl methyl sites for hydroxylation is 4. The Balaban J connectivity index is 1.85. The number of ether oxygens (including phenoxy) is 1. The maximum atomic E-state index is 12.2. The van der Waals surface area contributed by atoms with Gasteiger partial charge in [-0.15, -0.1) is 0 Å². The normalized spacial score (nSPS) is 17.8. The SMILES string of the molecule is CCc1cccc(CC)c1-c1cc(OC)c(C2CCc3ccccc3C2C=O)c(C)n1. The summed E-state index contributed by atoms with van der Waals surface area (Å²) in [6.45, 7) is 6.43. The number of aldehydes is 1. The molecule has 0 spiro atoms. The molecule has 0 bridgehead atoms. The quantitative estimate of drug-likeness (QED) is 0.452. The Morgan fingerprint density at radius 3 is 2.42 bits per heavy atom. The van der Waals surface area contributed by atoms with Crippen LogP contribution in [0.1, 0.15) is 65.6 Å². The number of carbonyl (C=O) groups is 1. The van der Waals surface area contributed by atoms with Crippen molar-refractivity contribution in [1.82, 2.24) is 4.98 Å². The number of methoxy groups -OCH3 is 1. The highest BCUT2D eigenvalue weighted by Gasteiger charge is 2.34. The van der Waals surface area contributed by atoms with Crippen LogP contribution in [0.2, 0.25) is 0 Å². The van der Waals surface area contributed by atoms with E-state index >= 15 is 0 Å². The van der Waals surface area contributed by atoms with Crippen LogP contribution in [0.15, 0.2) is 48.5 Å². The molecule has 1 aromatic heterocycles. The van der Waals surface area contributed by atoms with E-state index in [1.807, 2.05) is 6.07 Å². The lowest BCUT2D eigenvalue weighted by Crippen LogP contribution is -2.22. The Labute approximate surface area is 185 Å². The van der Waals surface area contributed by atoms with Gasteiger partial charge in [-0.1, -0.05) is 56.3 Å². The predicted octanol–water partition coefficient (Wildman–Crippen LogP) is 6.20. The van der Waals surface area contributed by atoms with E-state index in [9.17, 15) is 4.79 Å². The van der Waals surface area contributed by atoms with Crippen LogP contribution in [-0.2, 0) is 24.1 Å². The van der Waals surface area contributed by atoms with Crippen molar-refractivity contribution in [2.24, 2.45) is 0 Å². The lowest BCUT2D eigenvalue weighted by molar-refractivity contribution is -0.109. The van der Waals surface area contributed by atoms with Crippen molar-refractivity contribution in [1.29, 1.82) is 0 Å². The fourth-order valence-corrected chi connectivity index (χ4v) is 5.26. The average molecular weight is 414 g/mol. The number of aromatic nitrogens is 1. The van der Waals surface area contributed by atoms with Crippen LogP contribution < -0.4 is 4.74 Å². The Bertz CT molecular complexity index is 1080. The van der Waals surface area contributed by atoms with Crippen molar-refractivity contribution < 1.29 is 9.53 Å². The molecule has 0 fully saturated rings. The van der Waals surface area contributed by atoms with Crippen molar-refractivity contribution in [3.05, 3.63) is 82.0 Å². The third kappa shape index (κ3) is 3.78. The second-order valence-electron chi connectivity index (χ2n) is 8.37. The fraction of sp³-hybridized carbons (Fsp3) is 0.357. The van der Waals surface area contributed by atoms with Gasteiger partial charge in [0.1, 0.15) is 12.0 Å². The molecular formula is C28H31NO2.